The van der Waals surface area contributed by atoms with Gasteiger partial charge in [0.15, 0.2) is 0 Å². The van der Waals surface area contributed by atoms with Crippen molar-refractivity contribution in [1.29, 1.82) is 0 Å². The van der Waals surface area contributed by atoms with E-state index in [0.29, 0.717) is 13.0 Å². The third kappa shape index (κ3) is 3.78. The lowest BCUT2D eigenvalue weighted by Gasteiger charge is -2.23. The lowest BCUT2D eigenvalue weighted by molar-refractivity contribution is -0.125. The first-order valence-corrected chi connectivity index (χ1v) is 9.29. The molecule has 2 N–H and O–H groups in total. The molecule has 1 amide bonds. The van der Waals surface area contributed by atoms with Crippen LogP contribution < -0.4 is 5.32 Å². The number of carbonyl (C=O) groups is 1. The van der Waals surface area contributed by atoms with Crippen LogP contribution in [0.25, 0.3) is 11.0 Å². The van der Waals surface area contributed by atoms with Crippen LogP contribution >= 0.6 is 0 Å². The van der Waals surface area contributed by atoms with Crippen LogP contribution in [0.5, 0.6) is 0 Å². The summed E-state index contributed by atoms with van der Waals surface area (Å²) in [7, 11) is 0. The minimum absolute atomic E-state index is 0.0223. The summed E-state index contributed by atoms with van der Waals surface area (Å²) in [4.78, 5) is 22.8. The van der Waals surface area contributed by atoms with Crippen LogP contribution in [-0.2, 0) is 17.8 Å². The minimum atomic E-state index is -0.0223. The topological polar surface area (TPSA) is 61.0 Å². The molecule has 0 aliphatic carbocycles. The van der Waals surface area contributed by atoms with Crippen LogP contribution in [0.2, 0.25) is 0 Å². The van der Waals surface area contributed by atoms with Crippen molar-refractivity contribution in [1.82, 2.24) is 20.2 Å². The maximum Gasteiger partial charge on any atom is 0.237 e. The van der Waals surface area contributed by atoms with E-state index >= 15 is 0 Å². The second kappa shape index (κ2) is 7.70. The standard InChI is InChI=1S/C21H24N4O/c26-21(19-11-6-14-25(19)15-16-7-2-1-3-8-16)22-13-12-20-23-17-9-4-5-10-18(17)24-20/h1-5,7-10,19H,6,11-15H2,(H,22,26)(H,23,24). The molecule has 1 saturated heterocycles. The molecule has 1 aromatic heterocycles. The Kier molecular flexibility index (Phi) is 4.97. The third-order valence-corrected chi connectivity index (χ3v) is 4.99. The van der Waals surface area contributed by atoms with Gasteiger partial charge >= 0.3 is 0 Å². The average molecular weight is 348 g/mol. The van der Waals surface area contributed by atoms with E-state index < -0.39 is 0 Å². The average Bonchev–Trinajstić information content (AvgIpc) is 3.28. The maximum atomic E-state index is 12.6. The predicted molar refractivity (Wildman–Crippen MR) is 103 cm³/mol. The van der Waals surface area contributed by atoms with Gasteiger partial charge in [-0.3, -0.25) is 9.69 Å². The molecule has 2 heterocycles. The molecule has 5 nitrogen and oxygen atoms in total. The van der Waals surface area contributed by atoms with E-state index in [1.54, 1.807) is 0 Å². The fourth-order valence-corrected chi connectivity index (χ4v) is 3.68. The summed E-state index contributed by atoms with van der Waals surface area (Å²) >= 11 is 0. The molecule has 0 bridgehead atoms. The second-order valence-corrected chi connectivity index (χ2v) is 6.86. The molecule has 2 aromatic carbocycles. The van der Waals surface area contributed by atoms with Gasteiger partial charge in [-0.25, -0.2) is 4.98 Å². The molecule has 1 aliphatic rings. The molecule has 134 valence electrons. The fourth-order valence-electron chi connectivity index (χ4n) is 3.68. The van der Waals surface area contributed by atoms with Gasteiger partial charge in [-0.15, -0.1) is 0 Å². The van der Waals surface area contributed by atoms with E-state index in [0.717, 1.165) is 42.8 Å². The van der Waals surface area contributed by atoms with Crippen LogP contribution in [0.3, 0.4) is 0 Å². The molecular formula is C21H24N4O. The van der Waals surface area contributed by atoms with E-state index in [1.165, 1.54) is 5.56 Å². The number of para-hydroxylation sites is 2. The van der Waals surface area contributed by atoms with Crippen LogP contribution in [0.4, 0.5) is 0 Å². The van der Waals surface area contributed by atoms with Gasteiger partial charge in [-0.05, 0) is 37.1 Å². The first-order valence-electron chi connectivity index (χ1n) is 9.29. The number of benzene rings is 2. The zero-order valence-electron chi connectivity index (χ0n) is 14.8. The number of hydrogen-bond acceptors (Lipinski definition) is 3. The highest BCUT2D eigenvalue weighted by Crippen LogP contribution is 2.20. The molecule has 4 rings (SSSR count). The number of nitrogens with zero attached hydrogens (tertiary/aromatic N) is 2. The largest absolute Gasteiger partial charge is 0.354 e. The summed E-state index contributed by atoms with van der Waals surface area (Å²) in [5, 5.41) is 3.09. The maximum absolute atomic E-state index is 12.6. The number of aromatic amines is 1. The number of H-pyrrole nitrogens is 1. The van der Waals surface area contributed by atoms with Gasteiger partial charge in [0.25, 0.3) is 0 Å². The highest BCUT2D eigenvalue weighted by atomic mass is 16.2. The second-order valence-electron chi connectivity index (χ2n) is 6.86. The summed E-state index contributed by atoms with van der Waals surface area (Å²) < 4.78 is 0. The van der Waals surface area contributed by atoms with Gasteiger partial charge in [0.1, 0.15) is 5.82 Å². The van der Waals surface area contributed by atoms with E-state index in [4.69, 9.17) is 0 Å². The number of imidazole rings is 1. The molecule has 26 heavy (non-hydrogen) atoms. The van der Waals surface area contributed by atoms with Crippen molar-refractivity contribution in [2.45, 2.75) is 31.8 Å². The van der Waals surface area contributed by atoms with E-state index in [9.17, 15) is 4.79 Å². The number of carbonyl (C=O) groups excluding carboxylic acids is 1. The van der Waals surface area contributed by atoms with Gasteiger partial charge in [0, 0.05) is 19.5 Å². The Morgan fingerprint density at radius 2 is 1.96 bits per heavy atom. The summed E-state index contributed by atoms with van der Waals surface area (Å²) in [6.45, 7) is 2.42. The van der Waals surface area contributed by atoms with Crippen molar-refractivity contribution >= 4 is 16.9 Å². The number of likely N-dealkylation sites (tertiary alicyclic amines) is 1. The van der Waals surface area contributed by atoms with Gasteiger partial charge < -0.3 is 10.3 Å². The Morgan fingerprint density at radius 1 is 1.15 bits per heavy atom. The molecule has 0 radical (unpaired) electrons. The summed E-state index contributed by atoms with van der Waals surface area (Å²) in [5.41, 5.74) is 3.27. The lowest BCUT2D eigenvalue weighted by atomic mass is 10.1. The summed E-state index contributed by atoms with van der Waals surface area (Å²) in [5.74, 6) is 1.05. The first kappa shape index (κ1) is 16.8. The van der Waals surface area contributed by atoms with Gasteiger partial charge in [0.2, 0.25) is 5.91 Å². The minimum Gasteiger partial charge on any atom is -0.354 e. The molecule has 0 saturated carbocycles. The Bertz CT molecular complexity index is 841. The van der Waals surface area contributed by atoms with Crippen molar-refractivity contribution in [3.63, 3.8) is 0 Å². The molecule has 1 atom stereocenters. The third-order valence-electron chi connectivity index (χ3n) is 4.99. The van der Waals surface area contributed by atoms with Gasteiger partial charge in [0.05, 0.1) is 17.1 Å². The van der Waals surface area contributed by atoms with Crippen LogP contribution in [0.1, 0.15) is 24.2 Å². The van der Waals surface area contributed by atoms with Gasteiger partial charge in [-0.1, -0.05) is 42.5 Å². The lowest BCUT2D eigenvalue weighted by Crippen LogP contribution is -2.43. The summed E-state index contributed by atoms with van der Waals surface area (Å²) in [6.07, 6.45) is 2.73. The molecule has 1 unspecified atom stereocenters. The number of rotatable bonds is 6. The number of aromatic nitrogens is 2. The molecule has 1 fully saturated rings. The SMILES string of the molecule is O=C(NCCc1nc2ccccc2[nH]1)C1CCCN1Cc1ccccc1. The molecule has 3 aromatic rings. The number of amides is 1. The van der Waals surface area contributed by atoms with Crippen LogP contribution in [0, 0.1) is 0 Å². The van der Waals surface area contributed by atoms with Crippen LogP contribution in [-0.4, -0.2) is 39.9 Å². The quantitative estimate of drug-likeness (QED) is 0.720. The zero-order valence-corrected chi connectivity index (χ0v) is 14.8. The molecule has 0 spiro atoms. The van der Waals surface area contributed by atoms with Crippen molar-refractivity contribution in [3.8, 4) is 0 Å². The van der Waals surface area contributed by atoms with E-state index in [1.807, 2.05) is 42.5 Å². The number of hydrogen-bond donors (Lipinski definition) is 2. The molecule has 1 aliphatic heterocycles. The highest BCUT2D eigenvalue weighted by molar-refractivity contribution is 5.82. The smallest absolute Gasteiger partial charge is 0.237 e. The van der Waals surface area contributed by atoms with Crippen molar-refractivity contribution < 1.29 is 4.79 Å². The number of fused-ring (bicyclic) bond motifs is 1. The predicted octanol–water partition coefficient (Wildman–Crippen LogP) is 2.89. The van der Waals surface area contributed by atoms with Crippen molar-refractivity contribution in [2.24, 2.45) is 0 Å². The monoisotopic (exact) mass is 348 g/mol. The van der Waals surface area contributed by atoms with E-state index in [2.05, 4.69) is 32.3 Å². The van der Waals surface area contributed by atoms with Crippen LogP contribution in [0.15, 0.2) is 54.6 Å². The normalized spacial score (nSPS) is 17.6. The Morgan fingerprint density at radius 3 is 2.81 bits per heavy atom. The first-order chi connectivity index (χ1) is 12.8. The highest BCUT2D eigenvalue weighted by Gasteiger charge is 2.30. The van der Waals surface area contributed by atoms with Crippen molar-refractivity contribution in [2.75, 3.05) is 13.1 Å². The Hall–Kier alpha value is -2.66. The number of nitrogens with one attached hydrogen (secondary N) is 2. The van der Waals surface area contributed by atoms with Gasteiger partial charge in [-0.2, -0.15) is 0 Å². The Balaban J connectivity index is 1.31. The molecule has 5 heteroatoms. The fraction of sp³-hybridized carbons (Fsp3) is 0.333. The van der Waals surface area contributed by atoms with Crippen molar-refractivity contribution in [3.05, 3.63) is 66.0 Å². The van der Waals surface area contributed by atoms with E-state index in [-0.39, 0.29) is 11.9 Å². The zero-order chi connectivity index (χ0) is 17.8. The Labute approximate surface area is 153 Å². The summed E-state index contributed by atoms with van der Waals surface area (Å²) in [6, 6.07) is 18.3. The molecular weight excluding hydrogens is 324 g/mol.